The normalized spacial score (nSPS) is 10.5. The van der Waals surface area contributed by atoms with E-state index in [-0.39, 0.29) is 10.0 Å². The maximum absolute atomic E-state index is 14.3. The molecule has 0 saturated heterocycles. The quantitative estimate of drug-likeness (QED) is 0.786. The van der Waals surface area contributed by atoms with Gasteiger partial charge in [0.25, 0.3) is 0 Å². The fraction of sp³-hybridized carbons (Fsp3) is 0.133. The Bertz CT molecular complexity index is 691. The minimum absolute atomic E-state index is 0.0357. The third-order valence-electron chi connectivity index (χ3n) is 3.07. The number of halogens is 3. The Kier molecular flexibility index (Phi) is 5.00. The first kappa shape index (κ1) is 16.0. The highest BCUT2D eigenvalue weighted by atomic mass is 79.9. The van der Waals surface area contributed by atoms with Crippen molar-refractivity contribution in [2.75, 3.05) is 11.9 Å². The minimum atomic E-state index is -1.17. The van der Waals surface area contributed by atoms with Gasteiger partial charge in [0.1, 0.15) is 0 Å². The average molecular weight is 417 g/mol. The van der Waals surface area contributed by atoms with E-state index in [0.717, 1.165) is 10.0 Å². The van der Waals surface area contributed by atoms with Crippen LogP contribution in [-0.4, -0.2) is 18.1 Å². The molecule has 1 N–H and O–H groups in total. The molecule has 0 aliphatic heterocycles. The van der Waals surface area contributed by atoms with Crippen molar-refractivity contribution < 1.29 is 14.3 Å². The molecule has 2 aromatic carbocycles. The van der Waals surface area contributed by atoms with E-state index >= 15 is 0 Å². The maximum atomic E-state index is 14.3. The third kappa shape index (κ3) is 3.44. The number of hydrogen-bond donors (Lipinski definition) is 1. The molecule has 3 nitrogen and oxygen atoms in total. The molecule has 0 heterocycles. The first-order chi connectivity index (χ1) is 9.91. The molecule has 0 amide bonds. The van der Waals surface area contributed by atoms with Gasteiger partial charge in [0.15, 0.2) is 5.82 Å². The SMILES string of the molecule is CN(Cc1ccccc1Br)c1ccc(C(=O)O)c(Br)c1F. The molecule has 6 heteroatoms. The van der Waals surface area contributed by atoms with E-state index in [2.05, 4.69) is 31.9 Å². The van der Waals surface area contributed by atoms with E-state index in [0.29, 0.717) is 12.2 Å². The van der Waals surface area contributed by atoms with Crippen LogP contribution in [0.25, 0.3) is 0 Å². The van der Waals surface area contributed by atoms with Gasteiger partial charge >= 0.3 is 5.97 Å². The summed E-state index contributed by atoms with van der Waals surface area (Å²) in [4.78, 5) is 12.7. The Morgan fingerprint density at radius 3 is 2.52 bits per heavy atom. The Morgan fingerprint density at radius 2 is 1.90 bits per heavy atom. The Morgan fingerprint density at radius 1 is 1.24 bits per heavy atom. The molecular weight excluding hydrogens is 405 g/mol. The number of carboxylic acid groups (broad SMARTS) is 1. The van der Waals surface area contributed by atoms with Crippen molar-refractivity contribution in [2.24, 2.45) is 0 Å². The van der Waals surface area contributed by atoms with E-state index < -0.39 is 11.8 Å². The molecule has 2 aromatic rings. The second-order valence-electron chi connectivity index (χ2n) is 4.51. The summed E-state index contributed by atoms with van der Waals surface area (Å²) in [5, 5.41) is 8.97. The average Bonchev–Trinajstić information content (AvgIpc) is 2.43. The molecule has 0 aromatic heterocycles. The van der Waals surface area contributed by atoms with Crippen LogP contribution in [0.4, 0.5) is 10.1 Å². The Balaban J connectivity index is 2.32. The number of aromatic carboxylic acids is 1. The van der Waals surface area contributed by atoms with Crippen LogP contribution in [0.1, 0.15) is 15.9 Å². The minimum Gasteiger partial charge on any atom is -0.478 e. The monoisotopic (exact) mass is 415 g/mol. The lowest BCUT2D eigenvalue weighted by Gasteiger charge is -2.21. The highest BCUT2D eigenvalue weighted by molar-refractivity contribution is 9.10. The maximum Gasteiger partial charge on any atom is 0.336 e. The van der Waals surface area contributed by atoms with Crippen LogP contribution in [0.2, 0.25) is 0 Å². The molecular formula is C15H12Br2FNO2. The number of rotatable bonds is 4. The van der Waals surface area contributed by atoms with Gasteiger partial charge in [-0.3, -0.25) is 0 Å². The molecule has 0 bridgehead atoms. The van der Waals surface area contributed by atoms with Gasteiger partial charge in [0.05, 0.1) is 15.7 Å². The van der Waals surface area contributed by atoms with Crippen LogP contribution in [0.3, 0.4) is 0 Å². The fourth-order valence-corrected chi connectivity index (χ4v) is 2.88. The summed E-state index contributed by atoms with van der Waals surface area (Å²) in [6.45, 7) is 0.497. The van der Waals surface area contributed by atoms with E-state index in [1.807, 2.05) is 24.3 Å². The zero-order valence-electron chi connectivity index (χ0n) is 11.1. The smallest absolute Gasteiger partial charge is 0.336 e. The summed E-state index contributed by atoms with van der Waals surface area (Å²) < 4.78 is 15.2. The number of carbonyl (C=O) groups is 1. The van der Waals surface area contributed by atoms with Crippen molar-refractivity contribution in [2.45, 2.75) is 6.54 Å². The summed E-state index contributed by atoms with van der Waals surface area (Å²) in [5.74, 6) is -1.75. The number of hydrogen-bond acceptors (Lipinski definition) is 2. The Labute approximate surface area is 138 Å². The number of nitrogens with zero attached hydrogens (tertiary/aromatic N) is 1. The molecule has 0 radical (unpaired) electrons. The van der Waals surface area contributed by atoms with Crippen LogP contribution in [-0.2, 0) is 6.54 Å². The number of carboxylic acids is 1. The summed E-state index contributed by atoms with van der Waals surface area (Å²) >= 11 is 6.46. The summed E-state index contributed by atoms with van der Waals surface area (Å²) in [5.41, 5.74) is 1.26. The molecule has 0 fully saturated rings. The molecule has 0 aliphatic carbocycles. The zero-order chi connectivity index (χ0) is 15.6. The van der Waals surface area contributed by atoms with Crippen molar-refractivity contribution >= 4 is 43.5 Å². The lowest BCUT2D eigenvalue weighted by atomic mass is 10.1. The lowest BCUT2D eigenvalue weighted by Crippen LogP contribution is -2.18. The van der Waals surface area contributed by atoms with E-state index in [9.17, 15) is 9.18 Å². The van der Waals surface area contributed by atoms with Crippen molar-refractivity contribution in [3.63, 3.8) is 0 Å². The summed E-state index contributed by atoms with van der Waals surface area (Å²) in [6, 6.07) is 10.5. The van der Waals surface area contributed by atoms with Gasteiger partial charge in [-0.1, -0.05) is 34.1 Å². The highest BCUT2D eigenvalue weighted by Gasteiger charge is 2.18. The Hall–Kier alpha value is -1.40. The van der Waals surface area contributed by atoms with Crippen molar-refractivity contribution in [3.8, 4) is 0 Å². The van der Waals surface area contributed by atoms with Gasteiger partial charge in [-0.05, 0) is 39.7 Å². The fourth-order valence-electron chi connectivity index (χ4n) is 1.97. The molecule has 0 spiro atoms. The molecule has 110 valence electrons. The first-order valence-corrected chi connectivity index (χ1v) is 7.66. The molecule has 0 aliphatic rings. The predicted molar refractivity (Wildman–Crippen MR) is 87.3 cm³/mol. The summed E-state index contributed by atoms with van der Waals surface area (Å²) in [6.07, 6.45) is 0. The van der Waals surface area contributed by atoms with Gasteiger partial charge in [0, 0.05) is 18.1 Å². The topological polar surface area (TPSA) is 40.5 Å². The standard InChI is InChI=1S/C15H12Br2FNO2/c1-19(8-9-4-2-3-5-11(9)16)12-7-6-10(15(20)21)13(17)14(12)18/h2-7H,8H2,1H3,(H,20,21). The van der Waals surface area contributed by atoms with Crippen LogP contribution in [0.15, 0.2) is 45.3 Å². The van der Waals surface area contributed by atoms with Crippen LogP contribution >= 0.6 is 31.9 Å². The largest absolute Gasteiger partial charge is 0.478 e. The molecule has 0 saturated carbocycles. The zero-order valence-corrected chi connectivity index (χ0v) is 14.3. The van der Waals surface area contributed by atoms with Gasteiger partial charge in [-0.15, -0.1) is 0 Å². The van der Waals surface area contributed by atoms with Gasteiger partial charge in [-0.2, -0.15) is 0 Å². The second-order valence-corrected chi connectivity index (χ2v) is 6.16. The molecule has 0 unspecified atom stereocenters. The van der Waals surface area contributed by atoms with Crippen molar-refractivity contribution in [1.82, 2.24) is 0 Å². The first-order valence-electron chi connectivity index (χ1n) is 6.07. The lowest BCUT2D eigenvalue weighted by molar-refractivity contribution is 0.0695. The number of anilines is 1. The van der Waals surface area contributed by atoms with E-state index in [4.69, 9.17) is 5.11 Å². The van der Waals surface area contributed by atoms with E-state index in [1.54, 1.807) is 11.9 Å². The summed E-state index contributed by atoms with van der Waals surface area (Å²) in [7, 11) is 1.75. The van der Waals surface area contributed by atoms with Crippen molar-refractivity contribution in [3.05, 3.63) is 62.3 Å². The number of benzene rings is 2. The predicted octanol–water partition coefficient (Wildman–Crippen LogP) is 4.69. The second kappa shape index (κ2) is 6.58. The third-order valence-corrected chi connectivity index (χ3v) is 4.62. The van der Waals surface area contributed by atoms with E-state index in [1.165, 1.54) is 12.1 Å². The van der Waals surface area contributed by atoms with Crippen LogP contribution in [0, 0.1) is 5.82 Å². The van der Waals surface area contributed by atoms with Gasteiger partial charge in [-0.25, -0.2) is 9.18 Å². The molecule has 21 heavy (non-hydrogen) atoms. The van der Waals surface area contributed by atoms with Gasteiger partial charge < -0.3 is 10.0 Å². The van der Waals surface area contributed by atoms with Crippen molar-refractivity contribution in [1.29, 1.82) is 0 Å². The molecule has 2 rings (SSSR count). The van der Waals surface area contributed by atoms with Gasteiger partial charge in [0.2, 0.25) is 0 Å². The van der Waals surface area contributed by atoms with Crippen LogP contribution < -0.4 is 4.90 Å². The molecule has 0 atom stereocenters. The van der Waals surface area contributed by atoms with Crippen LogP contribution in [0.5, 0.6) is 0 Å². The highest BCUT2D eigenvalue weighted by Crippen LogP contribution is 2.30.